The molecule has 3 aliphatic rings. The van der Waals surface area contributed by atoms with E-state index in [-0.39, 0.29) is 54.9 Å². The number of rotatable bonds is 9. The smallest absolute Gasteiger partial charge is 0.334 e. The summed E-state index contributed by atoms with van der Waals surface area (Å²) >= 11 is 5.18. The minimum absolute atomic E-state index is 0.129. The summed E-state index contributed by atoms with van der Waals surface area (Å²) in [5.74, 6) is -0.978. The lowest BCUT2D eigenvalue weighted by Gasteiger charge is -2.26. The fourth-order valence-electron chi connectivity index (χ4n) is 5.41. The van der Waals surface area contributed by atoms with E-state index in [2.05, 4.69) is 18.7 Å². The fraction of sp³-hybridized carbons (Fsp3) is 0.467. The van der Waals surface area contributed by atoms with Gasteiger partial charge in [0.15, 0.2) is 0 Å². The number of hydrogen-bond acceptors (Lipinski definition) is 10. The van der Waals surface area contributed by atoms with Gasteiger partial charge in [-0.1, -0.05) is 51.6 Å². The van der Waals surface area contributed by atoms with Gasteiger partial charge < -0.3 is 18.9 Å². The lowest BCUT2D eigenvalue weighted by molar-refractivity contribution is -0.147. The molecule has 10 heteroatoms. The second-order valence-corrected chi connectivity index (χ2v) is 13.6. The Morgan fingerprint density at radius 3 is 2.60 bits per heavy atom. The predicted octanol–water partition coefficient (Wildman–Crippen LogP) is 6.83. The van der Waals surface area contributed by atoms with E-state index >= 15 is 0 Å². The molecule has 5 rings (SSSR count). The van der Waals surface area contributed by atoms with Gasteiger partial charge in [-0.15, -0.1) is 0 Å². The summed E-state index contributed by atoms with van der Waals surface area (Å²) in [6.07, 6.45) is 7.46. The first-order valence-electron chi connectivity index (χ1n) is 13.5. The Bertz CT molecular complexity index is 1360. The summed E-state index contributed by atoms with van der Waals surface area (Å²) < 4.78 is 23.5. The predicted molar refractivity (Wildman–Crippen MR) is 156 cm³/mol. The first-order chi connectivity index (χ1) is 19.2. The topological polar surface area (TPSA) is 91.4 Å². The molecular formula is C30H32O7S3. The van der Waals surface area contributed by atoms with Crippen molar-refractivity contribution in [2.24, 2.45) is 11.8 Å². The first kappa shape index (κ1) is 28.9. The third-order valence-electron chi connectivity index (χ3n) is 7.72. The monoisotopic (exact) mass is 600 g/mol. The Hall–Kier alpha value is -2.66. The number of carbonyl (C=O) groups excluding carboxylic acids is 3. The van der Waals surface area contributed by atoms with Crippen LogP contribution < -0.4 is 4.74 Å². The zero-order valence-corrected chi connectivity index (χ0v) is 24.7. The molecular weight excluding hydrogens is 569 g/mol. The number of allylic oxidation sites excluding steroid dienone is 2. The van der Waals surface area contributed by atoms with Gasteiger partial charge in [-0.3, -0.25) is 9.59 Å². The molecule has 2 aromatic rings. The quantitative estimate of drug-likeness (QED) is 0.0452. The molecule has 1 aromatic carbocycles. The van der Waals surface area contributed by atoms with Crippen molar-refractivity contribution >= 4 is 50.8 Å². The SMILES string of the molecule is C=C1C(=O)O[C@H]2[C@H]1C(COC(=O)CCCCC(=O)Oc1ccc(-c3cc(=S)ss3)cc1)C/C=C\CC[C@@]1(C)O[C@@H]21. The van der Waals surface area contributed by atoms with Crippen LogP contribution >= 0.6 is 32.9 Å². The molecule has 5 atom stereocenters. The fourth-order valence-corrected chi connectivity index (χ4v) is 7.81. The van der Waals surface area contributed by atoms with Crippen molar-refractivity contribution in [3.8, 4) is 16.2 Å². The van der Waals surface area contributed by atoms with Crippen LogP contribution in [0.1, 0.15) is 51.9 Å². The maximum atomic E-state index is 12.5. The lowest BCUT2D eigenvalue weighted by atomic mass is 9.78. The third kappa shape index (κ3) is 6.79. The molecule has 212 valence electrons. The molecule has 1 aliphatic carbocycles. The average Bonchev–Trinajstić information content (AvgIpc) is 3.24. The molecule has 0 amide bonds. The van der Waals surface area contributed by atoms with E-state index in [0.29, 0.717) is 30.6 Å². The molecule has 1 aromatic heterocycles. The van der Waals surface area contributed by atoms with E-state index in [9.17, 15) is 14.4 Å². The van der Waals surface area contributed by atoms with Gasteiger partial charge in [0, 0.05) is 35.1 Å². The zero-order valence-electron chi connectivity index (χ0n) is 22.3. The molecule has 2 aliphatic heterocycles. The van der Waals surface area contributed by atoms with E-state index < -0.39 is 12.1 Å². The van der Waals surface area contributed by atoms with Gasteiger partial charge in [0.2, 0.25) is 0 Å². The van der Waals surface area contributed by atoms with Crippen molar-refractivity contribution in [2.45, 2.75) is 69.7 Å². The molecule has 40 heavy (non-hydrogen) atoms. The molecule has 0 saturated carbocycles. The van der Waals surface area contributed by atoms with E-state index in [1.54, 1.807) is 32.8 Å². The summed E-state index contributed by atoms with van der Waals surface area (Å²) in [6.45, 7) is 6.20. The second-order valence-electron chi connectivity index (χ2n) is 10.7. The maximum absolute atomic E-state index is 12.5. The largest absolute Gasteiger partial charge is 0.465 e. The van der Waals surface area contributed by atoms with Crippen LogP contribution in [0.25, 0.3) is 10.4 Å². The molecule has 0 radical (unpaired) electrons. The van der Waals surface area contributed by atoms with E-state index in [1.165, 1.54) is 0 Å². The summed E-state index contributed by atoms with van der Waals surface area (Å²) in [6, 6.07) is 9.31. The standard InChI is InChI=1S/C30H32O7S3/c1-18-26-20(8-4-3-7-15-30(2)28(37-30)27(26)36-29(18)33)17-34-23(31)9-5-6-10-24(32)35-21-13-11-19(12-14-21)22-16-25(38)40-39-22/h3-4,11-14,16,20,26-28H,1,5-10,15,17H2,2H3/b4-3-/t20?,26-,27+,28+,30-/m1/s1. The molecule has 0 bridgehead atoms. The highest BCUT2D eigenvalue weighted by molar-refractivity contribution is 7.80. The van der Waals surface area contributed by atoms with Crippen molar-refractivity contribution in [3.63, 3.8) is 0 Å². The normalized spacial score (nSPS) is 28.1. The van der Waals surface area contributed by atoms with Gasteiger partial charge in [0.25, 0.3) is 0 Å². The maximum Gasteiger partial charge on any atom is 0.334 e. The van der Waals surface area contributed by atoms with E-state index in [1.807, 2.05) is 25.1 Å². The van der Waals surface area contributed by atoms with Crippen LogP contribution in [-0.2, 0) is 28.6 Å². The summed E-state index contributed by atoms with van der Waals surface area (Å²) in [5.41, 5.74) is 1.15. The van der Waals surface area contributed by atoms with Crippen molar-refractivity contribution < 1.29 is 33.3 Å². The zero-order chi connectivity index (χ0) is 28.3. The molecule has 1 unspecified atom stereocenters. The Kier molecular flexibility index (Phi) is 8.99. The summed E-state index contributed by atoms with van der Waals surface area (Å²) in [7, 11) is 3.18. The number of esters is 3. The highest BCUT2D eigenvalue weighted by atomic mass is 32.9. The van der Waals surface area contributed by atoms with E-state index in [0.717, 1.165) is 27.1 Å². The first-order valence-corrected chi connectivity index (χ1v) is 16.1. The molecule has 3 heterocycles. The Labute approximate surface area is 246 Å². The number of ether oxygens (including phenoxy) is 4. The van der Waals surface area contributed by atoms with Crippen molar-refractivity contribution in [1.82, 2.24) is 0 Å². The molecule has 2 fully saturated rings. The molecule has 2 saturated heterocycles. The van der Waals surface area contributed by atoms with Gasteiger partial charge in [0.05, 0.1) is 12.2 Å². The van der Waals surface area contributed by atoms with Gasteiger partial charge in [-0.05, 0) is 74.9 Å². The van der Waals surface area contributed by atoms with Crippen LogP contribution in [0.4, 0.5) is 0 Å². The number of hydrogen-bond donors (Lipinski definition) is 0. The van der Waals surface area contributed by atoms with Gasteiger partial charge in [0.1, 0.15) is 21.8 Å². The molecule has 7 nitrogen and oxygen atoms in total. The summed E-state index contributed by atoms with van der Waals surface area (Å²) in [5, 5.41) is 0. The number of carbonyl (C=O) groups is 3. The van der Waals surface area contributed by atoms with Crippen LogP contribution in [0.3, 0.4) is 0 Å². The van der Waals surface area contributed by atoms with Crippen LogP contribution in [0, 0.1) is 15.7 Å². The van der Waals surface area contributed by atoms with Crippen LogP contribution in [0.2, 0.25) is 0 Å². The lowest BCUT2D eigenvalue weighted by Crippen LogP contribution is -2.35. The Morgan fingerprint density at radius 2 is 1.88 bits per heavy atom. The minimum Gasteiger partial charge on any atom is -0.465 e. The van der Waals surface area contributed by atoms with Gasteiger partial charge >= 0.3 is 17.9 Å². The number of fused-ring (bicyclic) bond motifs is 3. The van der Waals surface area contributed by atoms with Crippen LogP contribution in [0.5, 0.6) is 5.75 Å². The summed E-state index contributed by atoms with van der Waals surface area (Å²) in [4.78, 5) is 38.2. The molecule has 0 spiro atoms. The van der Waals surface area contributed by atoms with Crippen LogP contribution in [0.15, 0.2) is 54.6 Å². The van der Waals surface area contributed by atoms with E-state index in [4.69, 9.17) is 31.2 Å². The van der Waals surface area contributed by atoms with Crippen molar-refractivity contribution in [2.75, 3.05) is 6.61 Å². The highest BCUT2D eigenvalue weighted by Crippen LogP contribution is 2.50. The van der Waals surface area contributed by atoms with Crippen molar-refractivity contribution in [3.05, 3.63) is 58.5 Å². The Balaban J connectivity index is 1.05. The van der Waals surface area contributed by atoms with Gasteiger partial charge in [-0.25, -0.2) is 4.79 Å². The number of unbranched alkanes of at least 4 members (excludes halogenated alkanes) is 1. The Morgan fingerprint density at radius 1 is 1.12 bits per heavy atom. The molecule has 0 N–H and O–H groups in total. The average molecular weight is 601 g/mol. The number of epoxide rings is 1. The number of benzene rings is 1. The third-order valence-corrected chi connectivity index (χ3v) is 10.6. The highest BCUT2D eigenvalue weighted by Gasteiger charge is 2.62. The van der Waals surface area contributed by atoms with Crippen molar-refractivity contribution in [1.29, 1.82) is 0 Å². The minimum atomic E-state index is -0.404. The second kappa shape index (κ2) is 12.5. The van der Waals surface area contributed by atoms with Gasteiger partial charge in [-0.2, -0.15) is 0 Å². The van der Waals surface area contributed by atoms with Crippen LogP contribution in [-0.4, -0.2) is 42.3 Å².